The molecule has 2 rings (SSSR count). The maximum atomic E-state index is 13.4. The van der Waals surface area contributed by atoms with E-state index in [4.69, 9.17) is 5.73 Å². The van der Waals surface area contributed by atoms with E-state index in [-0.39, 0.29) is 18.2 Å². The van der Waals surface area contributed by atoms with E-state index in [1.165, 1.54) is 11.6 Å². The van der Waals surface area contributed by atoms with E-state index < -0.39 is 0 Å². The second-order valence-corrected chi connectivity index (χ2v) is 5.06. The Labute approximate surface area is 132 Å². The number of aryl methyl sites for hydroxylation is 1. The summed E-state index contributed by atoms with van der Waals surface area (Å²) in [5.74, 6) is -0.182. The highest BCUT2D eigenvalue weighted by Crippen LogP contribution is 2.14. The third-order valence-corrected chi connectivity index (χ3v) is 3.40. The Kier molecular flexibility index (Phi) is 7.37. The lowest BCUT2D eigenvalue weighted by Gasteiger charge is -2.22. The molecule has 0 atom stereocenters. The summed E-state index contributed by atoms with van der Waals surface area (Å²) in [6, 6.07) is 15.2. The van der Waals surface area contributed by atoms with Gasteiger partial charge in [-0.3, -0.25) is 4.90 Å². The Bertz CT molecular complexity index is 546. The Morgan fingerprint density at radius 3 is 2.43 bits per heavy atom. The van der Waals surface area contributed by atoms with Gasteiger partial charge in [-0.15, -0.1) is 12.4 Å². The molecule has 0 saturated heterocycles. The van der Waals surface area contributed by atoms with Crippen LogP contribution in [0.2, 0.25) is 0 Å². The van der Waals surface area contributed by atoms with Crippen molar-refractivity contribution in [2.75, 3.05) is 13.1 Å². The molecule has 0 aliphatic heterocycles. The summed E-state index contributed by atoms with van der Waals surface area (Å²) in [5, 5.41) is 0. The van der Waals surface area contributed by atoms with Crippen LogP contribution in [-0.4, -0.2) is 18.0 Å². The van der Waals surface area contributed by atoms with Gasteiger partial charge in [0.25, 0.3) is 0 Å². The minimum atomic E-state index is -0.182. The molecule has 0 unspecified atom stereocenters. The third-order valence-electron chi connectivity index (χ3n) is 3.40. The molecular weight excluding hydrogens is 287 g/mol. The van der Waals surface area contributed by atoms with Crippen LogP contribution in [0.5, 0.6) is 0 Å². The van der Waals surface area contributed by atoms with Gasteiger partial charge < -0.3 is 5.73 Å². The lowest BCUT2D eigenvalue weighted by molar-refractivity contribution is 0.263. The first-order valence-corrected chi connectivity index (χ1v) is 6.90. The van der Waals surface area contributed by atoms with Gasteiger partial charge in [-0.25, -0.2) is 4.39 Å². The van der Waals surface area contributed by atoms with Gasteiger partial charge in [0.2, 0.25) is 0 Å². The number of nitrogens with two attached hydrogens (primary N) is 1. The first-order valence-electron chi connectivity index (χ1n) is 6.90. The third kappa shape index (κ3) is 5.46. The molecule has 0 amide bonds. The maximum Gasteiger partial charge on any atom is 0.123 e. The van der Waals surface area contributed by atoms with Gasteiger partial charge in [0.05, 0.1) is 0 Å². The highest BCUT2D eigenvalue weighted by Gasteiger charge is 2.09. The van der Waals surface area contributed by atoms with Crippen molar-refractivity contribution in [1.82, 2.24) is 4.90 Å². The van der Waals surface area contributed by atoms with E-state index in [1.807, 2.05) is 31.2 Å². The van der Waals surface area contributed by atoms with Gasteiger partial charge in [0, 0.05) is 26.2 Å². The molecule has 0 aromatic heterocycles. The Morgan fingerprint density at radius 2 is 1.76 bits per heavy atom. The molecule has 0 radical (unpaired) electrons. The van der Waals surface area contributed by atoms with Crippen LogP contribution in [0, 0.1) is 12.7 Å². The van der Waals surface area contributed by atoms with Crippen molar-refractivity contribution < 1.29 is 4.39 Å². The maximum absolute atomic E-state index is 13.4. The Hall–Kier alpha value is -1.42. The normalized spacial score (nSPS) is 10.5. The van der Waals surface area contributed by atoms with E-state index in [2.05, 4.69) is 17.0 Å². The monoisotopic (exact) mass is 308 g/mol. The lowest BCUT2D eigenvalue weighted by atomic mass is 10.1. The van der Waals surface area contributed by atoms with E-state index in [1.54, 1.807) is 6.07 Å². The zero-order valence-corrected chi connectivity index (χ0v) is 13.1. The van der Waals surface area contributed by atoms with Crippen molar-refractivity contribution in [1.29, 1.82) is 0 Å². The average molecular weight is 309 g/mol. The number of hydrogen-bond donors (Lipinski definition) is 1. The molecule has 2 N–H and O–H groups in total. The van der Waals surface area contributed by atoms with Crippen LogP contribution in [0.25, 0.3) is 0 Å². The minimum absolute atomic E-state index is 0. The zero-order valence-electron chi connectivity index (χ0n) is 12.3. The van der Waals surface area contributed by atoms with Crippen LogP contribution in [-0.2, 0) is 13.1 Å². The molecule has 21 heavy (non-hydrogen) atoms. The predicted molar refractivity (Wildman–Crippen MR) is 88.0 cm³/mol. The van der Waals surface area contributed by atoms with Crippen LogP contribution >= 0.6 is 12.4 Å². The van der Waals surface area contributed by atoms with Crippen molar-refractivity contribution in [3.05, 3.63) is 71.0 Å². The Morgan fingerprint density at radius 1 is 1.05 bits per heavy atom. The quantitative estimate of drug-likeness (QED) is 0.885. The first kappa shape index (κ1) is 17.6. The molecule has 0 bridgehead atoms. The molecule has 0 saturated carbocycles. The summed E-state index contributed by atoms with van der Waals surface area (Å²) in [6.07, 6.45) is 0. The summed E-state index contributed by atoms with van der Waals surface area (Å²) in [7, 11) is 0. The number of nitrogens with zero attached hydrogens (tertiary/aromatic N) is 1. The summed E-state index contributed by atoms with van der Waals surface area (Å²) in [4.78, 5) is 2.25. The summed E-state index contributed by atoms with van der Waals surface area (Å²) in [5.41, 5.74) is 9.07. The molecule has 0 fully saturated rings. The predicted octanol–water partition coefficient (Wildman–Crippen LogP) is 3.52. The average Bonchev–Trinajstić information content (AvgIpc) is 2.44. The number of hydrogen-bond acceptors (Lipinski definition) is 2. The van der Waals surface area contributed by atoms with E-state index in [0.717, 1.165) is 30.8 Å². The molecule has 4 heteroatoms. The van der Waals surface area contributed by atoms with Crippen LogP contribution < -0.4 is 5.73 Å². The van der Waals surface area contributed by atoms with Gasteiger partial charge in [0.15, 0.2) is 0 Å². The molecule has 0 spiro atoms. The highest BCUT2D eigenvalue weighted by molar-refractivity contribution is 5.85. The zero-order chi connectivity index (χ0) is 14.4. The SMILES string of the molecule is Cc1ccc(F)cc1CN(CCN)Cc1ccccc1.Cl. The molecule has 0 aliphatic rings. The summed E-state index contributed by atoms with van der Waals surface area (Å²) in [6.45, 7) is 4.95. The topological polar surface area (TPSA) is 29.3 Å². The molecule has 2 aromatic carbocycles. The summed E-state index contributed by atoms with van der Waals surface area (Å²) >= 11 is 0. The number of benzene rings is 2. The van der Waals surface area contributed by atoms with E-state index in [9.17, 15) is 4.39 Å². The highest BCUT2D eigenvalue weighted by atomic mass is 35.5. The van der Waals surface area contributed by atoms with Crippen molar-refractivity contribution in [2.45, 2.75) is 20.0 Å². The van der Waals surface area contributed by atoms with Crippen molar-refractivity contribution in [3.63, 3.8) is 0 Å². The summed E-state index contributed by atoms with van der Waals surface area (Å²) < 4.78 is 13.4. The molecule has 2 aromatic rings. The van der Waals surface area contributed by atoms with Crippen molar-refractivity contribution >= 4 is 12.4 Å². The fourth-order valence-electron chi connectivity index (χ4n) is 2.29. The smallest absolute Gasteiger partial charge is 0.123 e. The molecule has 0 heterocycles. The Balaban J connectivity index is 0.00000220. The second kappa shape index (κ2) is 8.78. The lowest BCUT2D eigenvalue weighted by Crippen LogP contribution is -2.29. The van der Waals surface area contributed by atoms with Crippen LogP contribution in [0.4, 0.5) is 4.39 Å². The molecular formula is C17H22ClFN2. The van der Waals surface area contributed by atoms with Gasteiger partial charge in [-0.05, 0) is 35.7 Å². The van der Waals surface area contributed by atoms with Crippen molar-refractivity contribution in [3.8, 4) is 0 Å². The first-order chi connectivity index (χ1) is 9.69. The standard InChI is InChI=1S/C17H21FN2.ClH/c1-14-7-8-17(18)11-16(14)13-20(10-9-19)12-15-5-3-2-4-6-15;/h2-8,11H,9-10,12-13,19H2,1H3;1H. The minimum Gasteiger partial charge on any atom is -0.329 e. The largest absolute Gasteiger partial charge is 0.329 e. The van der Waals surface area contributed by atoms with Gasteiger partial charge in [0.1, 0.15) is 5.82 Å². The fourth-order valence-corrected chi connectivity index (χ4v) is 2.29. The van der Waals surface area contributed by atoms with E-state index in [0.29, 0.717) is 6.54 Å². The van der Waals surface area contributed by atoms with Gasteiger partial charge in [-0.2, -0.15) is 0 Å². The van der Waals surface area contributed by atoms with Crippen LogP contribution in [0.1, 0.15) is 16.7 Å². The second-order valence-electron chi connectivity index (χ2n) is 5.06. The molecule has 0 aliphatic carbocycles. The molecule has 114 valence electrons. The fraction of sp³-hybridized carbons (Fsp3) is 0.294. The van der Waals surface area contributed by atoms with Gasteiger partial charge >= 0.3 is 0 Å². The number of rotatable bonds is 6. The molecule has 2 nitrogen and oxygen atoms in total. The van der Waals surface area contributed by atoms with Crippen LogP contribution in [0.3, 0.4) is 0 Å². The van der Waals surface area contributed by atoms with Crippen molar-refractivity contribution in [2.24, 2.45) is 5.73 Å². The van der Waals surface area contributed by atoms with E-state index >= 15 is 0 Å². The van der Waals surface area contributed by atoms with Gasteiger partial charge in [-0.1, -0.05) is 36.4 Å². The van der Waals surface area contributed by atoms with Crippen LogP contribution in [0.15, 0.2) is 48.5 Å². The number of halogens is 2.